The predicted octanol–water partition coefficient (Wildman–Crippen LogP) is 7.60. The molecule has 206 valence electrons. The summed E-state index contributed by atoms with van der Waals surface area (Å²) in [4.78, 5) is 28.0. The van der Waals surface area contributed by atoms with E-state index in [1.54, 1.807) is 12.1 Å². The van der Waals surface area contributed by atoms with Gasteiger partial charge in [0.1, 0.15) is 5.75 Å². The van der Waals surface area contributed by atoms with E-state index in [4.69, 9.17) is 0 Å². The molecule has 0 radical (unpaired) electrons. The summed E-state index contributed by atoms with van der Waals surface area (Å²) in [6, 6.07) is 14.0. The van der Waals surface area contributed by atoms with Crippen molar-refractivity contribution in [2.45, 2.75) is 65.2 Å². The van der Waals surface area contributed by atoms with Crippen molar-refractivity contribution in [2.75, 3.05) is 29.0 Å². The molecule has 39 heavy (non-hydrogen) atoms. The topological polar surface area (TPSA) is 111 Å². The van der Waals surface area contributed by atoms with Gasteiger partial charge >= 0.3 is 0 Å². The van der Waals surface area contributed by atoms with E-state index in [1.807, 2.05) is 30.3 Å². The fourth-order valence-electron chi connectivity index (χ4n) is 5.04. The number of unbranched alkanes of at least 4 members (excludes halogenated alkanes) is 6. The zero-order chi connectivity index (χ0) is 27.8. The molecule has 0 heterocycles. The third-order valence-electron chi connectivity index (χ3n) is 7.14. The maximum atomic E-state index is 14.1. The number of carbonyl (C=O) groups is 2. The molecule has 0 saturated heterocycles. The standard InChI is InChI=1S/C32H39N3O4/c1-3-5-7-12-18-33-23-20-24(34-19-13-8-6-4-2)30(37)29-27(23)31(38)28-25(36)17-16-22(26(28)32(29)39)35-21-14-10-9-11-15-21/h9-11,14-17,20,33-37H,3-8,12-13,18-19H2,1-2H3. The van der Waals surface area contributed by atoms with Crippen LogP contribution in [0.15, 0.2) is 48.5 Å². The first kappa shape index (κ1) is 28.0. The lowest BCUT2D eigenvalue weighted by Crippen LogP contribution is -2.25. The molecular weight excluding hydrogens is 490 g/mol. The molecule has 5 N–H and O–H groups in total. The molecule has 0 aromatic heterocycles. The summed E-state index contributed by atoms with van der Waals surface area (Å²) >= 11 is 0. The lowest BCUT2D eigenvalue weighted by atomic mass is 9.80. The molecule has 0 spiro atoms. The van der Waals surface area contributed by atoms with Crippen LogP contribution in [0, 0.1) is 0 Å². The van der Waals surface area contributed by atoms with Crippen LogP contribution in [0.2, 0.25) is 0 Å². The maximum Gasteiger partial charge on any atom is 0.200 e. The van der Waals surface area contributed by atoms with E-state index in [1.165, 1.54) is 6.07 Å². The number of phenols is 2. The molecule has 7 nitrogen and oxygen atoms in total. The number of rotatable bonds is 14. The largest absolute Gasteiger partial charge is 0.507 e. The third-order valence-corrected chi connectivity index (χ3v) is 7.14. The number of fused-ring (bicyclic) bond motifs is 2. The van der Waals surface area contributed by atoms with Gasteiger partial charge in [-0.2, -0.15) is 0 Å². The van der Waals surface area contributed by atoms with Crippen molar-refractivity contribution in [1.29, 1.82) is 0 Å². The molecule has 3 aromatic rings. The molecule has 0 atom stereocenters. The number of phenolic OH excluding ortho intramolecular Hbond substituents is 2. The molecule has 7 heteroatoms. The van der Waals surface area contributed by atoms with Crippen molar-refractivity contribution in [3.8, 4) is 11.5 Å². The minimum absolute atomic E-state index is 0.0381. The van der Waals surface area contributed by atoms with Crippen molar-refractivity contribution in [2.24, 2.45) is 0 Å². The minimum Gasteiger partial charge on any atom is -0.507 e. The van der Waals surface area contributed by atoms with Gasteiger partial charge in [-0.05, 0) is 43.2 Å². The highest BCUT2D eigenvalue weighted by Gasteiger charge is 2.39. The van der Waals surface area contributed by atoms with E-state index in [0.717, 1.165) is 57.1 Å². The smallest absolute Gasteiger partial charge is 0.200 e. The summed E-state index contributed by atoms with van der Waals surface area (Å²) in [5.74, 6) is -1.50. The molecule has 0 aliphatic heterocycles. The monoisotopic (exact) mass is 529 g/mol. The van der Waals surface area contributed by atoms with Crippen LogP contribution in [0.3, 0.4) is 0 Å². The summed E-state index contributed by atoms with van der Waals surface area (Å²) in [6.07, 6.45) is 8.45. The number of hydrogen-bond donors (Lipinski definition) is 5. The Morgan fingerprint density at radius 3 is 1.85 bits per heavy atom. The Labute approximate surface area is 230 Å². The molecule has 0 amide bonds. The predicted molar refractivity (Wildman–Crippen MR) is 158 cm³/mol. The first-order valence-electron chi connectivity index (χ1n) is 14.1. The fourth-order valence-corrected chi connectivity index (χ4v) is 5.04. The zero-order valence-corrected chi connectivity index (χ0v) is 22.9. The number of hydrogen-bond acceptors (Lipinski definition) is 7. The lowest BCUT2D eigenvalue weighted by molar-refractivity contribution is 0.0975. The van der Waals surface area contributed by atoms with Crippen LogP contribution in [0.5, 0.6) is 11.5 Å². The van der Waals surface area contributed by atoms with Crippen LogP contribution < -0.4 is 16.0 Å². The van der Waals surface area contributed by atoms with E-state index in [2.05, 4.69) is 29.8 Å². The molecule has 0 fully saturated rings. The molecule has 4 rings (SSSR count). The fraction of sp³-hybridized carbons (Fsp3) is 0.375. The molecule has 3 aromatic carbocycles. The first-order valence-corrected chi connectivity index (χ1v) is 14.1. The van der Waals surface area contributed by atoms with Crippen LogP contribution in [0.4, 0.5) is 22.7 Å². The van der Waals surface area contributed by atoms with Gasteiger partial charge < -0.3 is 26.2 Å². The summed E-state index contributed by atoms with van der Waals surface area (Å²) in [5.41, 5.74) is 2.10. The number of aromatic hydroxyl groups is 2. The number of nitrogens with one attached hydrogen (secondary N) is 3. The highest BCUT2D eigenvalue weighted by atomic mass is 16.3. The lowest BCUT2D eigenvalue weighted by Gasteiger charge is -2.26. The van der Waals surface area contributed by atoms with E-state index < -0.39 is 11.6 Å². The Hall–Kier alpha value is -4.00. The first-order chi connectivity index (χ1) is 19.0. The van der Waals surface area contributed by atoms with E-state index in [-0.39, 0.29) is 33.8 Å². The summed E-state index contributed by atoms with van der Waals surface area (Å²) < 4.78 is 0. The number of ketones is 2. The Morgan fingerprint density at radius 1 is 0.615 bits per heavy atom. The second-order valence-electron chi connectivity index (χ2n) is 10.1. The van der Waals surface area contributed by atoms with Crippen LogP contribution in [0.25, 0.3) is 0 Å². The van der Waals surface area contributed by atoms with E-state index in [0.29, 0.717) is 30.2 Å². The SMILES string of the molecule is CCCCCCNc1cc(NCCCCCC)c2c(c1O)C(=O)c1c(Nc3ccccc3)ccc(O)c1C2=O. The quantitative estimate of drug-likeness (QED) is 0.0650. The van der Waals surface area contributed by atoms with Gasteiger partial charge in [-0.25, -0.2) is 0 Å². The average molecular weight is 530 g/mol. The molecule has 0 unspecified atom stereocenters. The Morgan fingerprint density at radius 2 is 1.21 bits per heavy atom. The van der Waals surface area contributed by atoms with Gasteiger partial charge in [0, 0.05) is 24.5 Å². The third kappa shape index (κ3) is 6.19. The van der Waals surface area contributed by atoms with Crippen molar-refractivity contribution in [1.82, 2.24) is 0 Å². The molecular formula is C32H39N3O4. The Balaban J connectivity index is 1.76. The van der Waals surface area contributed by atoms with Crippen molar-refractivity contribution < 1.29 is 19.8 Å². The van der Waals surface area contributed by atoms with Crippen LogP contribution >= 0.6 is 0 Å². The van der Waals surface area contributed by atoms with Crippen LogP contribution in [-0.4, -0.2) is 34.9 Å². The molecule has 1 aliphatic rings. The number of carbonyl (C=O) groups excluding carboxylic acids is 2. The Bertz CT molecular complexity index is 1320. The second kappa shape index (κ2) is 13.2. The van der Waals surface area contributed by atoms with Crippen LogP contribution in [0.1, 0.15) is 97.1 Å². The van der Waals surface area contributed by atoms with Gasteiger partial charge in [0.25, 0.3) is 0 Å². The van der Waals surface area contributed by atoms with Gasteiger partial charge in [-0.15, -0.1) is 0 Å². The van der Waals surface area contributed by atoms with Crippen molar-refractivity contribution >= 4 is 34.3 Å². The Kier molecular flexibility index (Phi) is 9.47. The van der Waals surface area contributed by atoms with Crippen molar-refractivity contribution in [3.05, 3.63) is 70.8 Å². The highest BCUT2D eigenvalue weighted by molar-refractivity contribution is 6.34. The average Bonchev–Trinajstić information content (AvgIpc) is 2.94. The normalized spacial score (nSPS) is 12.2. The van der Waals surface area contributed by atoms with Gasteiger partial charge in [-0.3, -0.25) is 9.59 Å². The van der Waals surface area contributed by atoms with Crippen molar-refractivity contribution in [3.63, 3.8) is 0 Å². The zero-order valence-electron chi connectivity index (χ0n) is 22.9. The molecule has 1 aliphatic carbocycles. The van der Waals surface area contributed by atoms with Gasteiger partial charge in [-0.1, -0.05) is 70.6 Å². The number of para-hydroxylation sites is 1. The van der Waals surface area contributed by atoms with E-state index >= 15 is 0 Å². The summed E-state index contributed by atoms with van der Waals surface area (Å²) in [5, 5.41) is 31.9. The molecule has 0 saturated carbocycles. The number of anilines is 4. The number of benzene rings is 3. The molecule has 0 bridgehead atoms. The second-order valence-corrected chi connectivity index (χ2v) is 10.1. The highest BCUT2D eigenvalue weighted by Crippen LogP contribution is 2.45. The van der Waals surface area contributed by atoms with Crippen LogP contribution in [-0.2, 0) is 0 Å². The maximum absolute atomic E-state index is 14.1. The van der Waals surface area contributed by atoms with E-state index in [9.17, 15) is 19.8 Å². The summed E-state index contributed by atoms with van der Waals surface area (Å²) in [7, 11) is 0. The van der Waals surface area contributed by atoms with Gasteiger partial charge in [0.15, 0.2) is 5.75 Å². The minimum atomic E-state index is -0.505. The summed E-state index contributed by atoms with van der Waals surface area (Å²) in [6.45, 7) is 5.57. The van der Waals surface area contributed by atoms with Gasteiger partial charge in [0.2, 0.25) is 11.6 Å². The van der Waals surface area contributed by atoms with Gasteiger partial charge in [0.05, 0.1) is 33.6 Å².